The van der Waals surface area contributed by atoms with Gasteiger partial charge >= 0.3 is 0 Å². The molecular weight excluding hydrogens is 170 g/mol. The summed E-state index contributed by atoms with van der Waals surface area (Å²) in [6.07, 6.45) is 5.71. The van der Waals surface area contributed by atoms with E-state index in [1.165, 1.54) is 31.0 Å². The molecule has 0 N–H and O–H groups in total. The molecule has 1 atom stereocenters. The van der Waals surface area contributed by atoms with Crippen molar-refractivity contribution in [2.45, 2.75) is 32.2 Å². The number of nitrogens with zero attached hydrogens (tertiary/aromatic N) is 1. The summed E-state index contributed by atoms with van der Waals surface area (Å²) in [7, 11) is 0. The highest BCUT2D eigenvalue weighted by atomic mass is 32.2. The Kier molecular flexibility index (Phi) is 4.09. The Morgan fingerprint density at radius 3 is 2.42 bits per heavy atom. The van der Waals surface area contributed by atoms with E-state index in [0.717, 1.165) is 13.1 Å². The van der Waals surface area contributed by atoms with E-state index in [2.05, 4.69) is 4.90 Å². The van der Waals surface area contributed by atoms with Crippen LogP contribution in [0.25, 0.3) is 0 Å². The van der Waals surface area contributed by atoms with Gasteiger partial charge in [0, 0.05) is 0 Å². The van der Waals surface area contributed by atoms with Gasteiger partial charge in [0.25, 0.3) is 0 Å². The minimum atomic E-state index is 0.125. The molecule has 1 aliphatic heterocycles. The third kappa shape index (κ3) is 2.49. The molecule has 0 amide bonds. The highest BCUT2D eigenvalue weighted by Crippen LogP contribution is 2.15. The predicted molar refractivity (Wildman–Crippen MR) is 53.4 cm³/mol. The van der Waals surface area contributed by atoms with Crippen LogP contribution in [0.3, 0.4) is 0 Å². The lowest BCUT2D eigenvalue weighted by molar-refractivity contribution is -0.115. The fourth-order valence-corrected chi connectivity index (χ4v) is 2.12. The molecule has 1 fully saturated rings. The second-order valence-electron chi connectivity index (χ2n) is 3.30. The van der Waals surface area contributed by atoms with Crippen molar-refractivity contribution in [2.75, 3.05) is 19.3 Å². The van der Waals surface area contributed by atoms with E-state index >= 15 is 0 Å². The van der Waals surface area contributed by atoms with Gasteiger partial charge in [-0.15, -0.1) is 0 Å². The zero-order valence-electron chi connectivity index (χ0n) is 7.88. The van der Waals surface area contributed by atoms with E-state index < -0.39 is 0 Å². The van der Waals surface area contributed by atoms with Crippen molar-refractivity contribution in [1.82, 2.24) is 4.90 Å². The van der Waals surface area contributed by atoms with Crippen LogP contribution in [0.4, 0.5) is 0 Å². The molecule has 1 unspecified atom stereocenters. The molecule has 0 spiro atoms. The molecule has 0 bridgehead atoms. The maximum absolute atomic E-state index is 11.3. The average Bonchev–Trinajstić information content (AvgIpc) is 2.17. The molecule has 0 aromatic rings. The quantitative estimate of drug-likeness (QED) is 0.657. The lowest BCUT2D eigenvalue weighted by Gasteiger charge is -2.30. The van der Waals surface area contributed by atoms with Crippen LogP contribution in [-0.4, -0.2) is 35.4 Å². The monoisotopic (exact) mass is 187 g/mol. The second-order valence-corrected chi connectivity index (χ2v) is 4.11. The predicted octanol–water partition coefficient (Wildman–Crippen LogP) is 1.75. The lowest BCUT2D eigenvalue weighted by atomic mass is 10.1. The Morgan fingerprint density at radius 2 is 1.92 bits per heavy atom. The van der Waals surface area contributed by atoms with Gasteiger partial charge in [-0.25, -0.2) is 0 Å². The zero-order valence-corrected chi connectivity index (χ0v) is 8.69. The topological polar surface area (TPSA) is 20.3 Å². The molecule has 3 heteroatoms. The van der Waals surface area contributed by atoms with Gasteiger partial charge in [-0.3, -0.25) is 9.69 Å². The maximum atomic E-state index is 11.3. The van der Waals surface area contributed by atoms with Crippen molar-refractivity contribution < 1.29 is 4.79 Å². The number of carbonyl (C=O) groups is 1. The number of carbonyl (C=O) groups excluding carboxylic acids is 1. The fourth-order valence-electron chi connectivity index (χ4n) is 1.63. The molecule has 0 aromatic carbocycles. The highest BCUT2D eigenvalue weighted by molar-refractivity contribution is 8.13. The summed E-state index contributed by atoms with van der Waals surface area (Å²) in [6, 6.07) is 0.125. The molecule has 0 aromatic heterocycles. The Balaban J connectivity index is 2.39. The molecule has 1 aliphatic rings. The lowest BCUT2D eigenvalue weighted by Crippen LogP contribution is -2.41. The molecule has 0 radical (unpaired) electrons. The van der Waals surface area contributed by atoms with Gasteiger partial charge in [0.1, 0.15) is 0 Å². The summed E-state index contributed by atoms with van der Waals surface area (Å²) < 4.78 is 0. The molecule has 1 rings (SSSR count). The number of likely N-dealkylation sites (tertiary alicyclic amines) is 1. The zero-order chi connectivity index (χ0) is 8.97. The van der Waals surface area contributed by atoms with Gasteiger partial charge in [-0.2, -0.15) is 0 Å². The van der Waals surface area contributed by atoms with Gasteiger partial charge in [0.05, 0.1) is 6.04 Å². The standard InChI is InChI=1S/C9H17NOS/c1-8(9(11)12-2)10-6-4-3-5-7-10/h8H,3-7H2,1-2H3. The smallest absolute Gasteiger partial charge is 0.205 e. The summed E-state index contributed by atoms with van der Waals surface area (Å²) in [6.45, 7) is 4.23. The second kappa shape index (κ2) is 4.87. The van der Waals surface area contributed by atoms with E-state index in [9.17, 15) is 4.79 Å². The van der Waals surface area contributed by atoms with E-state index in [0.29, 0.717) is 5.12 Å². The third-order valence-electron chi connectivity index (χ3n) is 2.48. The molecule has 12 heavy (non-hydrogen) atoms. The number of hydrogen-bond acceptors (Lipinski definition) is 3. The maximum Gasteiger partial charge on any atom is 0.205 e. The molecule has 70 valence electrons. The van der Waals surface area contributed by atoms with E-state index in [1.807, 2.05) is 13.2 Å². The van der Waals surface area contributed by atoms with Crippen molar-refractivity contribution in [3.8, 4) is 0 Å². The van der Waals surface area contributed by atoms with Crippen LogP contribution in [0.1, 0.15) is 26.2 Å². The Hall–Kier alpha value is -0.0200. The highest BCUT2D eigenvalue weighted by Gasteiger charge is 2.21. The Bertz CT molecular complexity index is 155. The van der Waals surface area contributed by atoms with E-state index in [1.54, 1.807) is 0 Å². The minimum Gasteiger partial charge on any atom is -0.293 e. The van der Waals surface area contributed by atoms with Crippen molar-refractivity contribution >= 4 is 16.9 Å². The van der Waals surface area contributed by atoms with Crippen LogP contribution in [-0.2, 0) is 4.79 Å². The molecule has 2 nitrogen and oxygen atoms in total. The summed E-state index contributed by atoms with van der Waals surface area (Å²) in [4.78, 5) is 13.6. The number of thioether (sulfide) groups is 1. The van der Waals surface area contributed by atoms with Crippen LogP contribution in [0.2, 0.25) is 0 Å². The van der Waals surface area contributed by atoms with Crippen LogP contribution < -0.4 is 0 Å². The first-order valence-electron chi connectivity index (χ1n) is 4.57. The summed E-state index contributed by atoms with van der Waals surface area (Å²) >= 11 is 1.35. The summed E-state index contributed by atoms with van der Waals surface area (Å²) in [5.74, 6) is 0. The fraction of sp³-hybridized carbons (Fsp3) is 0.889. The van der Waals surface area contributed by atoms with Gasteiger partial charge in [0.15, 0.2) is 0 Å². The normalized spacial score (nSPS) is 22.2. The van der Waals surface area contributed by atoms with Crippen LogP contribution in [0, 0.1) is 0 Å². The third-order valence-corrected chi connectivity index (χ3v) is 3.22. The first kappa shape index (κ1) is 10.1. The van der Waals surface area contributed by atoms with Gasteiger partial charge < -0.3 is 0 Å². The van der Waals surface area contributed by atoms with Crippen LogP contribution in [0.5, 0.6) is 0 Å². The summed E-state index contributed by atoms with van der Waals surface area (Å²) in [5, 5.41) is 0.303. The van der Waals surface area contributed by atoms with Crippen molar-refractivity contribution in [1.29, 1.82) is 0 Å². The van der Waals surface area contributed by atoms with Crippen molar-refractivity contribution in [2.24, 2.45) is 0 Å². The van der Waals surface area contributed by atoms with Crippen molar-refractivity contribution in [3.05, 3.63) is 0 Å². The SMILES string of the molecule is CSC(=O)C(C)N1CCCCC1. The summed E-state index contributed by atoms with van der Waals surface area (Å²) in [5.41, 5.74) is 0. The molecule has 1 heterocycles. The van der Waals surface area contributed by atoms with E-state index in [4.69, 9.17) is 0 Å². The Labute approximate surface area is 78.7 Å². The van der Waals surface area contributed by atoms with Gasteiger partial charge in [-0.1, -0.05) is 18.2 Å². The van der Waals surface area contributed by atoms with E-state index in [-0.39, 0.29) is 6.04 Å². The Morgan fingerprint density at radius 1 is 1.33 bits per heavy atom. The average molecular weight is 187 g/mol. The first-order chi connectivity index (χ1) is 5.75. The number of hydrogen-bond donors (Lipinski definition) is 0. The van der Waals surface area contributed by atoms with Crippen LogP contribution >= 0.6 is 11.8 Å². The number of piperidine rings is 1. The first-order valence-corrected chi connectivity index (χ1v) is 5.80. The largest absolute Gasteiger partial charge is 0.293 e. The minimum absolute atomic E-state index is 0.125. The van der Waals surface area contributed by atoms with Crippen LogP contribution in [0.15, 0.2) is 0 Å². The molecule has 0 saturated carbocycles. The molecule has 1 saturated heterocycles. The van der Waals surface area contributed by atoms with Gasteiger partial charge in [-0.05, 0) is 39.1 Å². The van der Waals surface area contributed by atoms with Crippen molar-refractivity contribution in [3.63, 3.8) is 0 Å². The molecule has 0 aliphatic carbocycles. The molecular formula is C9H17NOS. The number of rotatable bonds is 2. The van der Waals surface area contributed by atoms with Gasteiger partial charge in [0.2, 0.25) is 5.12 Å².